The third-order valence-electron chi connectivity index (χ3n) is 3.71. The Morgan fingerprint density at radius 3 is 2.79 bits per heavy atom. The third kappa shape index (κ3) is 6.46. The van der Waals surface area contributed by atoms with E-state index in [1.807, 2.05) is 44.3 Å². The van der Waals surface area contributed by atoms with E-state index in [-0.39, 0.29) is 23.8 Å². The summed E-state index contributed by atoms with van der Waals surface area (Å²) in [7, 11) is 0. The highest BCUT2D eigenvalue weighted by Gasteiger charge is 2.17. The lowest BCUT2D eigenvalue weighted by Gasteiger charge is -2.02. The SMILES string of the molecule is C=C/C(=C\C=C/C)CC(=O)Nc1ncn2c(C(F)F)csc12.Cc1cccnc1. The number of amides is 1. The van der Waals surface area contributed by atoms with E-state index in [2.05, 4.69) is 21.9 Å². The number of carbonyl (C=O) groups excluding carboxylic acids is 1. The Morgan fingerprint density at radius 1 is 1.45 bits per heavy atom. The van der Waals surface area contributed by atoms with E-state index in [1.54, 1.807) is 18.3 Å². The van der Waals surface area contributed by atoms with Crippen LogP contribution in [0.15, 0.2) is 72.7 Å². The zero-order valence-corrected chi connectivity index (χ0v) is 17.0. The first-order chi connectivity index (χ1) is 14.0. The van der Waals surface area contributed by atoms with Crippen molar-refractivity contribution < 1.29 is 13.6 Å². The van der Waals surface area contributed by atoms with E-state index in [9.17, 15) is 13.6 Å². The summed E-state index contributed by atoms with van der Waals surface area (Å²) in [6.07, 6.45) is 9.49. The highest BCUT2D eigenvalue weighted by Crippen LogP contribution is 2.29. The van der Waals surface area contributed by atoms with Crippen LogP contribution in [-0.4, -0.2) is 20.3 Å². The molecule has 0 atom stereocenters. The molecule has 3 rings (SSSR count). The number of rotatable bonds is 6. The number of halogens is 2. The molecule has 0 spiro atoms. The van der Waals surface area contributed by atoms with Gasteiger partial charge >= 0.3 is 0 Å². The molecule has 3 aromatic heterocycles. The fraction of sp³-hybridized carbons (Fsp3) is 0.190. The monoisotopic (exact) mass is 416 g/mol. The number of anilines is 1. The van der Waals surface area contributed by atoms with Crippen LogP contribution in [0.1, 0.15) is 31.0 Å². The van der Waals surface area contributed by atoms with Gasteiger partial charge in [0.05, 0.1) is 6.42 Å². The van der Waals surface area contributed by atoms with Crippen LogP contribution in [0.5, 0.6) is 0 Å². The van der Waals surface area contributed by atoms with Crippen molar-refractivity contribution in [3.63, 3.8) is 0 Å². The number of alkyl halides is 2. The molecule has 0 unspecified atom stereocenters. The van der Waals surface area contributed by atoms with Gasteiger partial charge in [0.1, 0.15) is 16.9 Å². The first-order valence-corrected chi connectivity index (χ1v) is 9.67. The molecule has 0 aromatic carbocycles. The lowest BCUT2D eigenvalue weighted by molar-refractivity contribution is -0.115. The molecule has 0 saturated carbocycles. The summed E-state index contributed by atoms with van der Waals surface area (Å²) >= 11 is 1.12. The third-order valence-corrected chi connectivity index (χ3v) is 4.69. The maximum Gasteiger partial charge on any atom is 0.279 e. The number of fused-ring (bicyclic) bond motifs is 1. The van der Waals surface area contributed by atoms with Crippen molar-refractivity contribution in [2.24, 2.45) is 0 Å². The molecule has 152 valence electrons. The van der Waals surface area contributed by atoms with Gasteiger partial charge in [-0.25, -0.2) is 13.8 Å². The molecule has 0 aliphatic heterocycles. The number of aromatic nitrogens is 3. The zero-order chi connectivity index (χ0) is 21.2. The number of imidazole rings is 1. The second kappa shape index (κ2) is 11.0. The molecule has 0 radical (unpaired) electrons. The summed E-state index contributed by atoms with van der Waals surface area (Å²) in [6.45, 7) is 7.55. The highest BCUT2D eigenvalue weighted by atomic mass is 32.1. The Morgan fingerprint density at radius 2 is 2.24 bits per heavy atom. The van der Waals surface area contributed by atoms with Gasteiger partial charge in [-0.05, 0) is 31.1 Å². The van der Waals surface area contributed by atoms with Gasteiger partial charge in [0, 0.05) is 17.8 Å². The lowest BCUT2D eigenvalue weighted by Crippen LogP contribution is -2.12. The summed E-state index contributed by atoms with van der Waals surface area (Å²) in [6, 6.07) is 3.95. The maximum absolute atomic E-state index is 12.8. The van der Waals surface area contributed by atoms with Crippen molar-refractivity contribution in [2.45, 2.75) is 26.7 Å². The van der Waals surface area contributed by atoms with Gasteiger partial charge in [-0.1, -0.05) is 36.9 Å². The van der Waals surface area contributed by atoms with Crippen LogP contribution in [0.25, 0.3) is 4.83 Å². The molecule has 8 heteroatoms. The number of nitrogens with zero attached hydrogens (tertiary/aromatic N) is 3. The van der Waals surface area contributed by atoms with Crippen molar-refractivity contribution in [3.05, 3.63) is 83.9 Å². The molecule has 29 heavy (non-hydrogen) atoms. The minimum absolute atomic E-state index is 0.132. The fourth-order valence-corrected chi connectivity index (χ4v) is 3.21. The first kappa shape index (κ1) is 22.2. The average molecular weight is 416 g/mol. The van der Waals surface area contributed by atoms with E-state index in [1.165, 1.54) is 21.7 Å². The number of nitrogens with one attached hydrogen (secondary N) is 1. The second-order valence-corrected chi connectivity index (χ2v) is 6.81. The summed E-state index contributed by atoms with van der Waals surface area (Å²) < 4.78 is 26.9. The summed E-state index contributed by atoms with van der Waals surface area (Å²) in [5.41, 5.74) is 1.83. The molecule has 0 aliphatic rings. The first-order valence-electron chi connectivity index (χ1n) is 8.79. The molecule has 0 aliphatic carbocycles. The predicted molar refractivity (Wildman–Crippen MR) is 113 cm³/mol. The zero-order valence-electron chi connectivity index (χ0n) is 16.2. The number of hydrogen-bond acceptors (Lipinski definition) is 4. The second-order valence-electron chi connectivity index (χ2n) is 5.96. The predicted octanol–water partition coefficient (Wildman–Crippen LogP) is 5.74. The van der Waals surface area contributed by atoms with Gasteiger partial charge in [-0.3, -0.25) is 14.2 Å². The largest absolute Gasteiger partial charge is 0.308 e. The van der Waals surface area contributed by atoms with Crippen LogP contribution in [-0.2, 0) is 4.79 Å². The molecule has 1 N–H and O–H groups in total. The summed E-state index contributed by atoms with van der Waals surface area (Å²) in [5, 5.41) is 4.00. The van der Waals surface area contributed by atoms with E-state index < -0.39 is 6.43 Å². The molecule has 0 bridgehead atoms. The van der Waals surface area contributed by atoms with Crippen LogP contribution in [0.3, 0.4) is 0 Å². The van der Waals surface area contributed by atoms with Gasteiger partial charge in [0.15, 0.2) is 5.82 Å². The molecule has 5 nitrogen and oxygen atoms in total. The van der Waals surface area contributed by atoms with Crippen LogP contribution >= 0.6 is 11.3 Å². The molecular formula is C21H22F2N4OS. The van der Waals surface area contributed by atoms with Crippen LogP contribution in [0.2, 0.25) is 0 Å². The summed E-state index contributed by atoms with van der Waals surface area (Å²) in [4.78, 5) is 20.4. The van der Waals surface area contributed by atoms with Gasteiger partial charge < -0.3 is 5.32 Å². The quantitative estimate of drug-likeness (QED) is 0.521. The molecular weight excluding hydrogens is 394 g/mol. The maximum atomic E-state index is 12.8. The Labute approximate surface area is 172 Å². The minimum Gasteiger partial charge on any atom is -0.308 e. The van der Waals surface area contributed by atoms with Gasteiger partial charge in [0.2, 0.25) is 5.91 Å². The van der Waals surface area contributed by atoms with Crippen molar-refractivity contribution in [3.8, 4) is 0 Å². The van der Waals surface area contributed by atoms with Crippen LogP contribution in [0, 0.1) is 6.92 Å². The summed E-state index contributed by atoms with van der Waals surface area (Å²) in [5.74, 6) is 0.0135. The normalized spacial score (nSPS) is 11.6. The Bertz CT molecular complexity index is 1010. The minimum atomic E-state index is -2.58. The van der Waals surface area contributed by atoms with Crippen molar-refractivity contribution >= 4 is 27.9 Å². The van der Waals surface area contributed by atoms with Crippen LogP contribution < -0.4 is 5.32 Å². The molecule has 3 heterocycles. The number of allylic oxidation sites excluding steroid dienone is 4. The number of aryl methyl sites for hydroxylation is 1. The molecule has 0 fully saturated rings. The molecule has 0 saturated heterocycles. The van der Waals surface area contributed by atoms with Crippen molar-refractivity contribution in [1.82, 2.24) is 14.4 Å². The Kier molecular flexibility index (Phi) is 8.42. The smallest absolute Gasteiger partial charge is 0.279 e. The highest BCUT2D eigenvalue weighted by molar-refractivity contribution is 7.16. The fourth-order valence-electron chi connectivity index (χ4n) is 2.28. The van der Waals surface area contributed by atoms with Gasteiger partial charge in [0.25, 0.3) is 6.43 Å². The Balaban J connectivity index is 0.000000360. The standard InChI is InChI=1S/C15H15F2N3OS.C6H7N/c1-3-5-6-10(4-2)7-12(21)19-14-15-20(9-18-14)11(8-22-15)13(16)17;1-6-3-2-4-7-5-6/h3-6,8-9,13H,2,7H2,1H3,(H,19,21);2-5H,1H3/b5-3-,10-6+;. The average Bonchev–Trinajstić information content (AvgIpc) is 3.29. The Hall–Kier alpha value is -3.13. The van der Waals surface area contributed by atoms with E-state index in [0.717, 1.165) is 16.9 Å². The number of hydrogen-bond donors (Lipinski definition) is 1. The lowest BCUT2D eigenvalue weighted by atomic mass is 10.1. The van der Waals surface area contributed by atoms with Crippen molar-refractivity contribution in [1.29, 1.82) is 0 Å². The topological polar surface area (TPSA) is 59.3 Å². The van der Waals surface area contributed by atoms with Gasteiger partial charge in [-0.15, -0.1) is 11.3 Å². The molecule has 3 aromatic rings. The van der Waals surface area contributed by atoms with Gasteiger partial charge in [-0.2, -0.15) is 0 Å². The van der Waals surface area contributed by atoms with Crippen LogP contribution in [0.4, 0.5) is 14.6 Å². The number of pyridine rings is 1. The molecule has 1 amide bonds. The van der Waals surface area contributed by atoms with E-state index in [4.69, 9.17) is 0 Å². The van der Waals surface area contributed by atoms with E-state index >= 15 is 0 Å². The van der Waals surface area contributed by atoms with Crippen molar-refractivity contribution in [2.75, 3.05) is 5.32 Å². The van der Waals surface area contributed by atoms with E-state index in [0.29, 0.717) is 4.83 Å². The number of thiazole rings is 1. The number of carbonyl (C=O) groups is 1.